The molecule has 2 aromatic heterocycles. The molecule has 1 saturated carbocycles. The summed E-state index contributed by atoms with van der Waals surface area (Å²) in [5.41, 5.74) is 2.46. The summed E-state index contributed by atoms with van der Waals surface area (Å²) in [6, 6.07) is 14.7. The molecule has 3 unspecified atom stereocenters. The quantitative estimate of drug-likeness (QED) is 0.299. The number of rotatable bonds is 9. The Morgan fingerprint density at radius 2 is 2.02 bits per heavy atom. The highest BCUT2D eigenvalue weighted by atomic mass is 19.1. The van der Waals surface area contributed by atoms with E-state index in [0.29, 0.717) is 29.3 Å². The lowest BCUT2D eigenvalue weighted by atomic mass is 10.1. The summed E-state index contributed by atoms with van der Waals surface area (Å²) in [5.74, 6) is 2.26. The van der Waals surface area contributed by atoms with E-state index in [1.807, 2.05) is 6.07 Å². The second-order valence-electron chi connectivity index (χ2n) is 11.1. The molecule has 4 heterocycles. The van der Waals surface area contributed by atoms with Crippen molar-refractivity contribution in [2.75, 3.05) is 26.8 Å². The minimum absolute atomic E-state index is 0.0918. The Morgan fingerprint density at radius 3 is 2.65 bits per heavy atom. The maximum atomic E-state index is 13.5. The lowest BCUT2D eigenvalue weighted by molar-refractivity contribution is -0.0591. The summed E-state index contributed by atoms with van der Waals surface area (Å²) in [6.07, 6.45) is 4.18. The molecule has 11 heteroatoms. The highest BCUT2D eigenvalue weighted by Crippen LogP contribution is 2.45. The Kier molecular flexibility index (Phi) is 8.22. The van der Waals surface area contributed by atoms with Gasteiger partial charge in [0.15, 0.2) is 0 Å². The standard InChI is InChI=1S/C19H23N3O4.C13H9FN2O/c1-25-16-6-11(19(23)24)5-15-18(16)20-17(22(15)9-14-2-3-26-14)10-21-7-12-4-13(12)8-21;14-12-7-10(8-15)4-5-11(12)9-17-13-3-1-2-6-16-13/h5-6,12-14H,2-4,7-10H2,1H3,(H,23,24);1-7H,9H2. The number of carboxylic acids is 1. The van der Waals surface area contributed by atoms with Crippen molar-refractivity contribution in [3.8, 4) is 17.7 Å². The average molecular weight is 586 g/mol. The van der Waals surface area contributed by atoms with Crippen LogP contribution in [0, 0.1) is 29.0 Å². The van der Waals surface area contributed by atoms with Crippen LogP contribution >= 0.6 is 0 Å². The van der Waals surface area contributed by atoms with Crippen LogP contribution in [0.15, 0.2) is 54.7 Å². The highest BCUT2D eigenvalue weighted by Gasteiger charge is 2.45. The first-order valence-corrected chi connectivity index (χ1v) is 14.3. The number of carbonyl (C=O) groups is 1. The molecule has 43 heavy (non-hydrogen) atoms. The van der Waals surface area contributed by atoms with Crippen molar-refractivity contribution in [3.05, 3.63) is 83.1 Å². The van der Waals surface area contributed by atoms with Gasteiger partial charge in [-0.25, -0.2) is 19.2 Å². The first-order chi connectivity index (χ1) is 20.9. The number of hydrogen-bond acceptors (Lipinski definition) is 8. The second-order valence-corrected chi connectivity index (χ2v) is 11.1. The number of benzene rings is 2. The number of fused-ring (bicyclic) bond motifs is 2. The number of pyridine rings is 1. The summed E-state index contributed by atoms with van der Waals surface area (Å²) in [7, 11) is 1.56. The minimum atomic E-state index is -0.959. The third-order valence-corrected chi connectivity index (χ3v) is 8.16. The number of imidazole rings is 1. The van der Waals surface area contributed by atoms with Gasteiger partial charge in [-0.1, -0.05) is 12.1 Å². The fraction of sp³-hybridized carbons (Fsp3) is 0.375. The van der Waals surface area contributed by atoms with E-state index in [2.05, 4.69) is 14.5 Å². The van der Waals surface area contributed by atoms with E-state index in [1.165, 1.54) is 18.6 Å². The maximum Gasteiger partial charge on any atom is 0.335 e. The Bertz CT molecular complexity index is 1660. The van der Waals surface area contributed by atoms with Crippen LogP contribution in [-0.4, -0.2) is 63.4 Å². The number of methoxy groups -OCH3 is 1. The van der Waals surface area contributed by atoms with Crippen molar-refractivity contribution in [2.45, 2.75) is 38.6 Å². The summed E-state index contributed by atoms with van der Waals surface area (Å²) in [4.78, 5) is 22.8. The average Bonchev–Trinajstić information content (AvgIpc) is 3.45. The van der Waals surface area contributed by atoms with Crippen LogP contribution in [0.2, 0.25) is 0 Å². The van der Waals surface area contributed by atoms with Crippen LogP contribution < -0.4 is 9.47 Å². The first-order valence-electron chi connectivity index (χ1n) is 14.3. The summed E-state index contributed by atoms with van der Waals surface area (Å²) in [5, 5.41) is 18.0. The van der Waals surface area contributed by atoms with Crippen molar-refractivity contribution >= 4 is 17.0 Å². The maximum absolute atomic E-state index is 13.5. The molecule has 0 amide bonds. The molecule has 0 radical (unpaired) electrons. The summed E-state index contributed by atoms with van der Waals surface area (Å²) >= 11 is 0. The van der Waals surface area contributed by atoms with Gasteiger partial charge in [0, 0.05) is 37.5 Å². The largest absolute Gasteiger partial charge is 0.494 e. The molecule has 0 spiro atoms. The van der Waals surface area contributed by atoms with Crippen LogP contribution in [0.1, 0.15) is 40.2 Å². The molecule has 1 N–H and O–H groups in total. The van der Waals surface area contributed by atoms with E-state index < -0.39 is 11.8 Å². The number of ether oxygens (including phenoxy) is 3. The van der Waals surface area contributed by atoms with Crippen LogP contribution in [0.25, 0.3) is 11.0 Å². The molecule has 2 saturated heterocycles. The molecule has 2 aliphatic heterocycles. The van der Waals surface area contributed by atoms with Crippen molar-refractivity contribution < 1.29 is 28.5 Å². The molecule has 10 nitrogen and oxygen atoms in total. The number of nitrogens with zero attached hydrogens (tertiary/aromatic N) is 5. The van der Waals surface area contributed by atoms with Crippen molar-refractivity contribution in [1.82, 2.24) is 19.4 Å². The van der Waals surface area contributed by atoms with Gasteiger partial charge in [-0.15, -0.1) is 0 Å². The van der Waals surface area contributed by atoms with Gasteiger partial charge in [0.2, 0.25) is 5.88 Å². The fourth-order valence-electron chi connectivity index (χ4n) is 5.62. The third-order valence-electron chi connectivity index (χ3n) is 8.16. The number of piperidine rings is 1. The van der Waals surface area contributed by atoms with Gasteiger partial charge in [0.25, 0.3) is 0 Å². The van der Waals surface area contributed by atoms with Gasteiger partial charge < -0.3 is 23.9 Å². The predicted molar refractivity (Wildman–Crippen MR) is 154 cm³/mol. The zero-order valence-corrected chi connectivity index (χ0v) is 23.8. The Hall–Kier alpha value is -4.53. The summed E-state index contributed by atoms with van der Waals surface area (Å²) < 4.78 is 32.0. The monoisotopic (exact) mass is 585 g/mol. The van der Waals surface area contributed by atoms with Crippen molar-refractivity contribution in [2.24, 2.45) is 11.8 Å². The van der Waals surface area contributed by atoms with E-state index in [9.17, 15) is 14.3 Å². The van der Waals surface area contributed by atoms with E-state index >= 15 is 0 Å². The van der Waals surface area contributed by atoms with Gasteiger partial charge in [-0.3, -0.25) is 4.90 Å². The number of aromatic carboxylic acids is 1. The fourth-order valence-corrected chi connectivity index (χ4v) is 5.62. The number of likely N-dealkylation sites (tertiary alicyclic amines) is 1. The Labute approximate surface area is 248 Å². The van der Waals surface area contributed by atoms with Gasteiger partial charge in [-0.05, 0) is 55.0 Å². The van der Waals surface area contributed by atoms with Gasteiger partial charge in [0.1, 0.15) is 29.5 Å². The molecule has 0 bridgehead atoms. The highest BCUT2D eigenvalue weighted by molar-refractivity contribution is 5.95. The zero-order chi connectivity index (χ0) is 29.9. The lowest BCUT2D eigenvalue weighted by Gasteiger charge is -2.28. The second kappa shape index (κ2) is 12.4. The van der Waals surface area contributed by atoms with Gasteiger partial charge in [0.05, 0.1) is 49.0 Å². The van der Waals surface area contributed by atoms with Gasteiger partial charge >= 0.3 is 5.97 Å². The van der Waals surface area contributed by atoms with E-state index in [0.717, 1.165) is 61.4 Å². The van der Waals surface area contributed by atoms with Crippen LogP contribution in [0.4, 0.5) is 4.39 Å². The molecule has 2 aromatic carbocycles. The SMILES string of the molecule is COc1cc(C(=O)O)cc2c1nc(CN1CC3CC3C1)n2CC1CCO1.N#Cc1ccc(COc2ccccn2)c(F)c1. The van der Waals surface area contributed by atoms with Crippen LogP contribution in [-0.2, 0) is 24.4 Å². The predicted octanol–water partition coefficient (Wildman–Crippen LogP) is 4.66. The van der Waals surface area contributed by atoms with Gasteiger partial charge in [-0.2, -0.15) is 5.26 Å². The van der Waals surface area contributed by atoms with Crippen molar-refractivity contribution in [3.63, 3.8) is 0 Å². The molecule has 3 aliphatic rings. The molecule has 222 valence electrons. The minimum Gasteiger partial charge on any atom is -0.494 e. The first kappa shape index (κ1) is 28.6. The number of hydrogen-bond donors (Lipinski definition) is 1. The molecular formula is C32H32FN5O5. The molecule has 4 aromatic rings. The van der Waals surface area contributed by atoms with E-state index in [4.69, 9.17) is 24.5 Å². The lowest BCUT2D eigenvalue weighted by Crippen LogP contribution is -2.32. The number of carboxylic acid groups (broad SMARTS) is 1. The Balaban J connectivity index is 0.000000168. The number of aromatic nitrogens is 3. The molecule has 3 atom stereocenters. The molecule has 1 aliphatic carbocycles. The number of halogens is 1. The summed E-state index contributed by atoms with van der Waals surface area (Å²) in [6.45, 7) is 4.68. The van der Waals surface area contributed by atoms with E-state index in [-0.39, 0.29) is 18.3 Å². The molecule has 3 fully saturated rings. The zero-order valence-electron chi connectivity index (χ0n) is 23.8. The van der Waals surface area contributed by atoms with Crippen LogP contribution in [0.5, 0.6) is 11.6 Å². The third kappa shape index (κ3) is 6.45. The van der Waals surface area contributed by atoms with Crippen LogP contribution in [0.3, 0.4) is 0 Å². The normalized spacial score (nSPS) is 20.3. The smallest absolute Gasteiger partial charge is 0.335 e. The topological polar surface area (TPSA) is 123 Å². The number of nitriles is 1. The van der Waals surface area contributed by atoms with E-state index in [1.54, 1.807) is 49.7 Å². The molecule has 7 rings (SSSR count). The Morgan fingerprint density at radius 1 is 1.21 bits per heavy atom. The molecular weight excluding hydrogens is 553 g/mol. The van der Waals surface area contributed by atoms with Crippen molar-refractivity contribution in [1.29, 1.82) is 5.26 Å².